The van der Waals surface area contributed by atoms with Gasteiger partial charge < -0.3 is 34.2 Å². The third kappa shape index (κ3) is 6.42. The number of Topliss-reactive ketones (excluding diaryl/α,β-unsaturated/α-hetero) is 2. The number of aliphatic hydroxyl groups is 1. The second-order valence-electron chi connectivity index (χ2n) is 16.4. The molecule has 0 radical (unpaired) electrons. The number of ketones is 2. The molecule has 1 saturated carbocycles. The van der Waals surface area contributed by atoms with Crippen LogP contribution >= 0.6 is 0 Å². The molecule has 0 amide bonds. The highest BCUT2D eigenvalue weighted by molar-refractivity contribution is 6.74. The molecule has 0 aliphatic heterocycles. The predicted octanol–water partition coefficient (Wildman–Crippen LogP) is 7.11. The Morgan fingerprint density at radius 3 is 2.24 bits per heavy atom. The summed E-state index contributed by atoms with van der Waals surface area (Å²) >= 11 is 0. The van der Waals surface area contributed by atoms with E-state index in [9.17, 15) is 5.11 Å². The van der Waals surface area contributed by atoms with Gasteiger partial charge in [0.05, 0.1) is 30.5 Å². The molecular weight excluding hydrogens is 672 g/mol. The summed E-state index contributed by atoms with van der Waals surface area (Å²) in [5.41, 5.74) is 5.41. The van der Waals surface area contributed by atoms with Crippen LogP contribution in [0.1, 0.15) is 106 Å². The molecule has 0 unspecified atom stereocenters. The van der Waals surface area contributed by atoms with Gasteiger partial charge in [-0.3, -0.25) is 14.5 Å². The van der Waals surface area contributed by atoms with Gasteiger partial charge in [-0.15, -0.1) is 0 Å². The molecule has 51 heavy (non-hydrogen) atoms. The molecule has 5 rings (SSSR count). The van der Waals surface area contributed by atoms with Crippen LogP contribution in [0, 0.1) is 17.7 Å². The molecule has 0 spiro atoms. The number of fused-ring (bicyclic) bond motifs is 4. The van der Waals surface area contributed by atoms with Crippen molar-refractivity contribution in [1.82, 2.24) is 15.0 Å². The van der Waals surface area contributed by atoms with Crippen LogP contribution in [0.5, 0.6) is 11.6 Å². The molecule has 11 nitrogen and oxygen atoms in total. The number of rotatable bonds is 13. The molecule has 1 aromatic heterocycles. The van der Waals surface area contributed by atoms with Crippen LogP contribution in [-0.4, -0.2) is 87.0 Å². The predicted molar refractivity (Wildman–Crippen MR) is 197 cm³/mol. The van der Waals surface area contributed by atoms with E-state index >= 15 is 14.0 Å². The molecule has 0 bridgehead atoms. The lowest BCUT2D eigenvalue weighted by Crippen LogP contribution is -2.68. The third-order valence-corrected chi connectivity index (χ3v) is 15.7. The number of hydrogen-bond donors (Lipinski definition) is 2. The number of hydrogen-bond acceptors (Lipinski definition) is 11. The molecule has 1 aromatic carbocycles. The van der Waals surface area contributed by atoms with Crippen molar-refractivity contribution in [1.29, 1.82) is 0 Å². The molecule has 2 aromatic rings. The van der Waals surface area contributed by atoms with Crippen molar-refractivity contribution in [3.05, 3.63) is 39.4 Å². The Kier molecular flexibility index (Phi) is 10.9. The Labute approximate surface area is 302 Å². The smallest absolute Gasteiger partial charge is 0.265 e. The van der Waals surface area contributed by atoms with Gasteiger partial charge >= 0.3 is 0 Å². The number of benzene rings is 1. The Morgan fingerprint density at radius 2 is 1.67 bits per heavy atom. The van der Waals surface area contributed by atoms with Crippen molar-refractivity contribution >= 4 is 31.3 Å². The molecule has 4 atom stereocenters. The topological polar surface area (TPSA) is 141 Å². The molecule has 3 aliphatic carbocycles. The first-order valence-corrected chi connectivity index (χ1v) is 21.2. The molecule has 3 aliphatic rings. The van der Waals surface area contributed by atoms with Gasteiger partial charge in [0.25, 0.3) is 5.88 Å². The van der Waals surface area contributed by atoms with Crippen LogP contribution in [-0.2, 0) is 22.2 Å². The van der Waals surface area contributed by atoms with E-state index < -0.39 is 54.9 Å². The van der Waals surface area contributed by atoms with Gasteiger partial charge in [-0.2, -0.15) is 0 Å². The van der Waals surface area contributed by atoms with E-state index in [4.69, 9.17) is 24.2 Å². The Hall–Kier alpha value is -3.26. The van der Waals surface area contributed by atoms with Crippen LogP contribution in [0.2, 0.25) is 18.1 Å². The summed E-state index contributed by atoms with van der Waals surface area (Å²) in [6.07, 6.45) is 3.50. The van der Waals surface area contributed by atoms with Gasteiger partial charge in [-0.25, -0.2) is 4.39 Å². The Balaban J connectivity index is 1.80. The average molecular weight is 729 g/mol. The maximum Gasteiger partial charge on any atom is 0.265 e. The van der Waals surface area contributed by atoms with Crippen molar-refractivity contribution < 1.29 is 37.5 Å². The lowest BCUT2D eigenvalue weighted by atomic mass is 9.57. The number of carbonyl (C=O) groups excluding carboxylic acids is 2. The summed E-state index contributed by atoms with van der Waals surface area (Å²) < 4.78 is 41.9. The van der Waals surface area contributed by atoms with E-state index in [1.54, 1.807) is 0 Å². The molecule has 1 fully saturated rings. The first-order chi connectivity index (χ1) is 23.8. The number of nitrogens with zero attached hydrogens (tertiary/aromatic N) is 3. The van der Waals surface area contributed by atoms with Gasteiger partial charge in [-0.1, -0.05) is 47.5 Å². The van der Waals surface area contributed by atoms with Crippen molar-refractivity contribution in [2.24, 2.45) is 11.8 Å². The fourth-order valence-electron chi connectivity index (χ4n) is 7.63. The highest BCUT2D eigenvalue weighted by atomic mass is 28.4. The number of carbonyl (C=O) groups is 2. The normalized spacial score (nSPS) is 23.4. The average Bonchev–Trinajstić information content (AvgIpc) is 3.45. The highest BCUT2D eigenvalue weighted by Crippen LogP contribution is 2.59. The van der Waals surface area contributed by atoms with Crippen LogP contribution in [0.3, 0.4) is 0 Å². The number of nitrogen functional groups attached to an aromatic ring is 1. The standard InChI is InChI=1S/C38H57FN4O7Si/c1-12-14-16-47-32-26-22(28(39)23(29(32)40)20-42(6)7)18-21-19-24-30(43(8)9)33-27(36(41-49-33)48-17-15-13-2)35(46)38(24,34(45)25(21)31(26)44)50-51(10,11)37(3,4)5/h21,24,30,44H,12-20,40H2,1-11H3/t21-,24-,30-,38-/m0/s1. The summed E-state index contributed by atoms with van der Waals surface area (Å²) in [5.74, 6) is -3.02. The van der Waals surface area contributed by atoms with Crippen molar-refractivity contribution in [2.75, 3.05) is 47.1 Å². The summed E-state index contributed by atoms with van der Waals surface area (Å²) in [5, 5.41) is 16.1. The van der Waals surface area contributed by atoms with Crippen LogP contribution in [0.25, 0.3) is 5.76 Å². The van der Waals surface area contributed by atoms with Crippen molar-refractivity contribution in [3.8, 4) is 11.6 Å². The number of nitrogens with two attached hydrogens (primary N) is 1. The van der Waals surface area contributed by atoms with E-state index in [2.05, 4.69) is 5.16 Å². The second kappa shape index (κ2) is 14.3. The lowest BCUT2D eigenvalue weighted by molar-refractivity contribution is -0.140. The second-order valence-corrected chi connectivity index (χ2v) is 21.2. The van der Waals surface area contributed by atoms with Crippen LogP contribution < -0.4 is 15.2 Å². The summed E-state index contributed by atoms with van der Waals surface area (Å²) in [6.45, 7) is 15.0. The Bertz CT molecular complexity index is 1710. The van der Waals surface area contributed by atoms with E-state index in [0.29, 0.717) is 25.4 Å². The molecule has 282 valence electrons. The fourth-order valence-corrected chi connectivity index (χ4v) is 9.08. The van der Waals surface area contributed by atoms with E-state index in [1.807, 2.05) is 85.7 Å². The van der Waals surface area contributed by atoms with Crippen LogP contribution in [0.4, 0.5) is 10.1 Å². The largest absolute Gasteiger partial charge is 0.507 e. The third-order valence-electron chi connectivity index (χ3n) is 11.3. The number of ether oxygens (including phenoxy) is 2. The number of unbranched alkanes of at least 4 members (excludes halogenated alkanes) is 2. The zero-order valence-corrected chi connectivity index (χ0v) is 33.3. The van der Waals surface area contributed by atoms with Gasteiger partial charge in [-0.05, 0) is 83.1 Å². The lowest BCUT2D eigenvalue weighted by Gasteiger charge is -2.55. The van der Waals surface area contributed by atoms with Crippen molar-refractivity contribution in [3.63, 3.8) is 0 Å². The maximum atomic E-state index is 16.6. The van der Waals surface area contributed by atoms with Gasteiger partial charge in [0, 0.05) is 29.2 Å². The molecule has 3 N–H and O–H groups in total. The molecular formula is C38H57FN4O7Si. The van der Waals surface area contributed by atoms with Gasteiger partial charge in [0.1, 0.15) is 17.1 Å². The number of aromatic nitrogens is 1. The zero-order chi connectivity index (χ0) is 37.8. The number of aliphatic hydroxyl groups excluding tert-OH is 1. The molecule has 13 heteroatoms. The minimum absolute atomic E-state index is 0.0314. The summed E-state index contributed by atoms with van der Waals surface area (Å²) in [7, 11) is 4.48. The molecule has 0 saturated heterocycles. The molecule has 1 heterocycles. The van der Waals surface area contributed by atoms with E-state index in [-0.39, 0.29) is 69.6 Å². The number of halogens is 1. The van der Waals surface area contributed by atoms with Crippen molar-refractivity contribution in [2.45, 2.75) is 109 Å². The van der Waals surface area contributed by atoms with Gasteiger partial charge in [0.15, 0.2) is 25.4 Å². The SMILES string of the molecule is CCCCOc1noc2c1C(=O)[C@@]1(O[Si](C)(C)C(C)(C)C)C(=O)C3=C(O)c4c(c(F)c(CN(C)C)c(N)c4OCCCC)C[C@H]3C[C@H]1[C@@H]2N(C)C. The minimum Gasteiger partial charge on any atom is -0.507 e. The first kappa shape index (κ1) is 39.0. The Morgan fingerprint density at radius 1 is 1.04 bits per heavy atom. The fraction of sp³-hybridized carbons (Fsp3) is 0.658. The summed E-state index contributed by atoms with van der Waals surface area (Å²) in [6, 6.07) is -0.610. The van der Waals surface area contributed by atoms with E-state index in [1.165, 1.54) is 0 Å². The minimum atomic E-state index is -2.90. The zero-order valence-electron chi connectivity index (χ0n) is 32.3. The highest BCUT2D eigenvalue weighted by Gasteiger charge is 2.69. The first-order valence-electron chi connectivity index (χ1n) is 18.3. The van der Waals surface area contributed by atoms with E-state index in [0.717, 1.165) is 19.3 Å². The number of anilines is 1. The monoisotopic (exact) mass is 728 g/mol. The van der Waals surface area contributed by atoms with Crippen LogP contribution in [0.15, 0.2) is 10.1 Å². The quantitative estimate of drug-likeness (QED) is 0.0944. The van der Waals surface area contributed by atoms with Gasteiger partial charge in [0.2, 0.25) is 11.6 Å². The summed E-state index contributed by atoms with van der Waals surface area (Å²) in [4.78, 5) is 34.5. The maximum absolute atomic E-state index is 16.6.